The molecule has 0 radical (unpaired) electrons. The summed E-state index contributed by atoms with van der Waals surface area (Å²) in [7, 11) is 1.08. The van der Waals surface area contributed by atoms with Crippen LogP contribution in [0.15, 0.2) is 29.3 Å². The van der Waals surface area contributed by atoms with E-state index >= 15 is 0 Å². The lowest BCUT2D eigenvalue weighted by Crippen LogP contribution is -2.45. The van der Waals surface area contributed by atoms with Crippen LogP contribution in [-0.2, 0) is 11.3 Å². The maximum Gasteiger partial charge on any atom is 0.406 e. The zero-order valence-corrected chi connectivity index (χ0v) is 13.5. The third-order valence-electron chi connectivity index (χ3n) is 2.93. The highest BCUT2D eigenvalue weighted by atomic mass is 19.4. The van der Waals surface area contributed by atoms with Crippen LogP contribution in [0.3, 0.4) is 0 Å². The summed E-state index contributed by atoms with van der Waals surface area (Å²) in [6.07, 6.45) is -4.44. The van der Waals surface area contributed by atoms with Crippen LogP contribution in [0, 0.1) is 5.82 Å². The molecule has 0 fully saturated rings. The molecule has 134 valence electrons. The molecule has 0 aliphatic heterocycles. The molecule has 2 N–H and O–H groups in total. The second-order valence-corrected chi connectivity index (χ2v) is 5.04. The number of nitrogens with zero attached hydrogens (tertiary/aromatic N) is 2. The van der Waals surface area contributed by atoms with Crippen molar-refractivity contribution in [2.24, 2.45) is 4.99 Å². The number of aliphatic imine (C=N–C) groups is 1. The number of likely N-dealkylation sites (N-methyl/N-ethyl adjacent to an activating group) is 1. The molecule has 9 heteroatoms. The van der Waals surface area contributed by atoms with Gasteiger partial charge in [-0.2, -0.15) is 13.2 Å². The van der Waals surface area contributed by atoms with Gasteiger partial charge in [0, 0.05) is 13.6 Å². The van der Waals surface area contributed by atoms with E-state index in [1.165, 1.54) is 12.1 Å². The topological polar surface area (TPSA) is 56.7 Å². The summed E-state index contributed by atoms with van der Waals surface area (Å²) in [6.45, 7) is 0.940. The van der Waals surface area contributed by atoms with E-state index < -0.39 is 18.6 Å². The van der Waals surface area contributed by atoms with Crippen molar-refractivity contribution < 1.29 is 22.4 Å². The summed E-state index contributed by atoms with van der Waals surface area (Å²) in [5, 5.41) is 5.55. The first-order chi connectivity index (χ1) is 11.2. The van der Waals surface area contributed by atoms with Gasteiger partial charge in [-0.15, -0.1) is 0 Å². The molecule has 5 nitrogen and oxygen atoms in total. The van der Waals surface area contributed by atoms with E-state index in [1.807, 2.05) is 6.92 Å². The fourth-order valence-electron chi connectivity index (χ4n) is 1.75. The van der Waals surface area contributed by atoms with Crippen LogP contribution in [0.25, 0.3) is 0 Å². The fraction of sp³-hybridized carbons (Fsp3) is 0.467. The van der Waals surface area contributed by atoms with Crippen molar-refractivity contribution >= 4 is 11.9 Å². The molecule has 1 amide bonds. The molecule has 0 saturated carbocycles. The molecule has 24 heavy (non-hydrogen) atoms. The summed E-state index contributed by atoms with van der Waals surface area (Å²) in [6, 6.07) is 5.76. The van der Waals surface area contributed by atoms with Crippen LogP contribution in [0.5, 0.6) is 0 Å². The van der Waals surface area contributed by atoms with Crippen molar-refractivity contribution in [2.45, 2.75) is 19.6 Å². The van der Waals surface area contributed by atoms with Crippen LogP contribution < -0.4 is 10.6 Å². The molecule has 0 bridgehead atoms. The van der Waals surface area contributed by atoms with Crippen molar-refractivity contribution in [3.8, 4) is 0 Å². The van der Waals surface area contributed by atoms with Crippen LogP contribution >= 0.6 is 0 Å². The van der Waals surface area contributed by atoms with Gasteiger partial charge < -0.3 is 15.5 Å². The Hall–Kier alpha value is -2.32. The van der Waals surface area contributed by atoms with E-state index in [0.717, 1.165) is 12.6 Å². The molecule has 1 aromatic rings. The average Bonchev–Trinajstić information content (AvgIpc) is 2.49. The molecule has 1 rings (SSSR count). The summed E-state index contributed by atoms with van der Waals surface area (Å²) in [4.78, 5) is 16.5. The highest BCUT2D eigenvalue weighted by Gasteiger charge is 2.31. The maximum absolute atomic E-state index is 12.8. The first-order valence-electron chi connectivity index (χ1n) is 7.28. The minimum atomic E-state index is -4.44. The Morgan fingerprint density at radius 1 is 1.21 bits per heavy atom. The van der Waals surface area contributed by atoms with Crippen LogP contribution in [0.1, 0.15) is 12.5 Å². The summed E-state index contributed by atoms with van der Waals surface area (Å²) in [5.41, 5.74) is 0.758. The number of guanidine groups is 1. The standard InChI is InChI=1S/C15H20F4N4O/c1-3-20-14(21-8-11-4-6-12(16)7-5-11)22-9-13(24)23(2)10-15(17,18)19/h4-7H,3,8-10H2,1-2H3,(H2,20,21,22). The highest BCUT2D eigenvalue weighted by Crippen LogP contribution is 2.15. The molecule has 1 aromatic carbocycles. The minimum Gasteiger partial charge on any atom is -0.357 e. The number of hydrogen-bond donors (Lipinski definition) is 2. The molecule has 0 aliphatic rings. The van der Waals surface area contributed by atoms with Gasteiger partial charge in [-0.05, 0) is 24.6 Å². The van der Waals surface area contributed by atoms with E-state index in [2.05, 4.69) is 15.6 Å². The van der Waals surface area contributed by atoms with Gasteiger partial charge in [0.05, 0.1) is 13.1 Å². The van der Waals surface area contributed by atoms with E-state index in [1.54, 1.807) is 12.1 Å². The third-order valence-corrected chi connectivity index (χ3v) is 2.93. The predicted molar refractivity (Wildman–Crippen MR) is 82.9 cm³/mol. The summed E-state index contributed by atoms with van der Waals surface area (Å²) in [5.74, 6) is -0.777. The number of amides is 1. The molecule has 0 aromatic heterocycles. The Kier molecular flexibility index (Phi) is 7.47. The number of halogens is 4. The molecular formula is C15H20F4N4O. The Morgan fingerprint density at radius 3 is 2.38 bits per heavy atom. The Labute approximate surface area is 137 Å². The first-order valence-corrected chi connectivity index (χ1v) is 7.28. The predicted octanol–water partition coefficient (Wildman–Crippen LogP) is 1.90. The highest BCUT2D eigenvalue weighted by molar-refractivity contribution is 5.86. The number of benzene rings is 1. The monoisotopic (exact) mass is 348 g/mol. The Balaban J connectivity index is 2.57. The van der Waals surface area contributed by atoms with Crippen molar-refractivity contribution in [1.82, 2.24) is 15.5 Å². The molecule has 0 heterocycles. The van der Waals surface area contributed by atoms with Gasteiger partial charge in [-0.25, -0.2) is 9.38 Å². The number of carbonyl (C=O) groups excluding carboxylic acids is 1. The van der Waals surface area contributed by atoms with Gasteiger partial charge in [0.1, 0.15) is 12.4 Å². The minimum absolute atomic E-state index is 0.238. The largest absolute Gasteiger partial charge is 0.406 e. The third kappa shape index (κ3) is 7.80. The Bertz CT molecular complexity index is 558. The molecule has 0 atom stereocenters. The molecule has 0 spiro atoms. The summed E-state index contributed by atoms with van der Waals surface area (Å²) < 4.78 is 49.6. The smallest absolute Gasteiger partial charge is 0.357 e. The van der Waals surface area contributed by atoms with Gasteiger partial charge in [-0.3, -0.25) is 4.79 Å². The van der Waals surface area contributed by atoms with Gasteiger partial charge in [0.2, 0.25) is 5.91 Å². The summed E-state index contributed by atoms with van der Waals surface area (Å²) >= 11 is 0. The van der Waals surface area contributed by atoms with Crippen molar-refractivity contribution in [3.63, 3.8) is 0 Å². The van der Waals surface area contributed by atoms with Gasteiger partial charge in [0.25, 0.3) is 0 Å². The number of nitrogens with one attached hydrogen (secondary N) is 2. The molecular weight excluding hydrogens is 328 g/mol. The second-order valence-electron chi connectivity index (χ2n) is 5.04. The Morgan fingerprint density at radius 2 is 1.83 bits per heavy atom. The van der Waals surface area contributed by atoms with E-state index in [9.17, 15) is 22.4 Å². The lowest BCUT2D eigenvalue weighted by molar-refractivity contribution is -0.157. The zero-order chi connectivity index (χ0) is 18.2. The van der Waals surface area contributed by atoms with Gasteiger partial charge >= 0.3 is 6.18 Å². The average molecular weight is 348 g/mol. The number of carbonyl (C=O) groups is 1. The van der Waals surface area contributed by atoms with Crippen LogP contribution in [0.4, 0.5) is 17.6 Å². The maximum atomic E-state index is 12.8. The lowest BCUT2D eigenvalue weighted by Gasteiger charge is -2.20. The lowest BCUT2D eigenvalue weighted by atomic mass is 10.2. The van der Waals surface area contributed by atoms with Crippen LogP contribution in [-0.4, -0.2) is 49.6 Å². The normalized spacial score (nSPS) is 12.0. The first kappa shape index (κ1) is 19.7. The van der Waals surface area contributed by atoms with E-state index in [-0.39, 0.29) is 24.9 Å². The van der Waals surface area contributed by atoms with E-state index in [4.69, 9.17) is 0 Å². The van der Waals surface area contributed by atoms with Gasteiger partial charge in [-0.1, -0.05) is 12.1 Å². The van der Waals surface area contributed by atoms with Gasteiger partial charge in [0.15, 0.2) is 5.96 Å². The molecule has 0 unspecified atom stereocenters. The molecule has 0 aliphatic carbocycles. The second kappa shape index (κ2) is 9.09. The number of hydrogen-bond acceptors (Lipinski definition) is 2. The molecule has 0 saturated heterocycles. The fourth-order valence-corrected chi connectivity index (χ4v) is 1.75. The van der Waals surface area contributed by atoms with Crippen LogP contribution in [0.2, 0.25) is 0 Å². The number of rotatable bonds is 6. The van der Waals surface area contributed by atoms with Crippen molar-refractivity contribution in [2.75, 3.05) is 26.7 Å². The zero-order valence-electron chi connectivity index (χ0n) is 13.5. The SMILES string of the molecule is CCNC(=NCc1ccc(F)cc1)NCC(=O)N(C)CC(F)(F)F. The quantitative estimate of drug-likeness (QED) is 0.469. The number of alkyl halides is 3. The van der Waals surface area contributed by atoms with E-state index in [0.29, 0.717) is 11.4 Å². The van der Waals surface area contributed by atoms with Crippen molar-refractivity contribution in [1.29, 1.82) is 0 Å². The van der Waals surface area contributed by atoms with Crippen molar-refractivity contribution in [3.05, 3.63) is 35.6 Å².